The van der Waals surface area contributed by atoms with Crippen LogP contribution in [0, 0.1) is 0 Å². The molecule has 0 amide bonds. The van der Waals surface area contributed by atoms with Crippen LogP contribution in [0.15, 0.2) is 12.7 Å². The van der Waals surface area contributed by atoms with Crippen molar-refractivity contribution in [3.8, 4) is 0 Å². The summed E-state index contributed by atoms with van der Waals surface area (Å²) in [6.07, 6.45) is 3.35. The third-order valence-corrected chi connectivity index (χ3v) is 5.11. The van der Waals surface area contributed by atoms with Crippen molar-refractivity contribution in [1.29, 1.82) is 0 Å². The van der Waals surface area contributed by atoms with Gasteiger partial charge in [-0.2, -0.15) is 0 Å². The molecule has 0 saturated carbocycles. The highest BCUT2D eigenvalue weighted by Gasteiger charge is 2.37. The predicted molar refractivity (Wildman–Crippen MR) is 63.6 cm³/mol. The Labute approximate surface area is 92.4 Å². The molecule has 0 aliphatic rings. The predicted octanol–water partition coefficient (Wildman–Crippen LogP) is 2.20. The first kappa shape index (κ1) is 13.9. The maximum Gasteiger partial charge on any atom is 0.500 e. The van der Waals surface area contributed by atoms with Crippen LogP contribution in [0.5, 0.6) is 0 Å². The molecule has 0 N–H and O–H groups in total. The van der Waals surface area contributed by atoms with E-state index in [9.17, 15) is 0 Å². The maximum absolute atomic E-state index is 5.27. The summed E-state index contributed by atoms with van der Waals surface area (Å²) in [7, 11) is 2.39. The third kappa shape index (κ3) is 4.43. The van der Waals surface area contributed by atoms with Crippen molar-refractivity contribution >= 4 is 25.9 Å². The Hall–Kier alpha value is -0.0731. The van der Waals surface area contributed by atoms with Crippen LogP contribution in [-0.4, -0.2) is 35.0 Å². The smallest absolute Gasteiger partial charge is 0.377 e. The van der Waals surface area contributed by atoms with Gasteiger partial charge in [0.1, 0.15) is 0 Å². The zero-order valence-electron chi connectivity index (χ0n) is 9.04. The first-order chi connectivity index (χ1) is 6.64. The van der Waals surface area contributed by atoms with E-state index >= 15 is 0 Å². The van der Waals surface area contributed by atoms with Crippen LogP contribution in [-0.2, 0) is 13.3 Å². The maximum atomic E-state index is 5.27. The highest BCUT2D eigenvalue weighted by atomic mass is 32.1. The molecule has 0 atom stereocenters. The van der Waals surface area contributed by atoms with Gasteiger partial charge in [0.15, 0.2) is 0 Å². The fourth-order valence-corrected chi connectivity index (χ4v) is 3.23. The second-order valence-corrected chi connectivity index (χ2v) is 6.49. The van der Waals surface area contributed by atoms with Crippen molar-refractivity contribution < 1.29 is 13.3 Å². The Bertz CT molecular complexity index is 184. The van der Waals surface area contributed by atoms with E-state index in [2.05, 4.69) is 6.58 Å². The average Bonchev–Trinajstić information content (AvgIpc) is 2.21. The summed E-state index contributed by atoms with van der Waals surface area (Å²) in [5.74, 6) is 0. The molecule has 0 aliphatic carbocycles. The minimum atomic E-state index is -2.43. The van der Waals surface area contributed by atoms with Crippen LogP contribution in [0.1, 0.15) is 12.8 Å². The summed E-state index contributed by atoms with van der Waals surface area (Å²) in [5.41, 5.74) is 0. The SMILES string of the molecule is C=CCC(=S)CC[Si](OC)(OC)OC. The van der Waals surface area contributed by atoms with E-state index in [4.69, 9.17) is 25.5 Å². The number of thiocarbonyl (C=S) groups is 1. The lowest BCUT2D eigenvalue weighted by molar-refractivity contribution is 0.124. The van der Waals surface area contributed by atoms with Gasteiger partial charge < -0.3 is 13.3 Å². The monoisotopic (exact) mass is 234 g/mol. The van der Waals surface area contributed by atoms with Crippen molar-refractivity contribution in [3.05, 3.63) is 12.7 Å². The summed E-state index contributed by atoms with van der Waals surface area (Å²) in [6, 6.07) is 0.725. The van der Waals surface area contributed by atoms with Gasteiger partial charge in [0.2, 0.25) is 0 Å². The molecule has 14 heavy (non-hydrogen) atoms. The molecule has 0 bridgehead atoms. The lowest BCUT2D eigenvalue weighted by Crippen LogP contribution is -2.42. The van der Waals surface area contributed by atoms with Gasteiger partial charge in [0, 0.05) is 27.4 Å². The van der Waals surface area contributed by atoms with Gasteiger partial charge in [-0.3, -0.25) is 0 Å². The summed E-state index contributed by atoms with van der Waals surface area (Å²) < 4.78 is 15.8. The number of hydrogen-bond donors (Lipinski definition) is 0. The number of hydrogen-bond acceptors (Lipinski definition) is 4. The fraction of sp³-hybridized carbons (Fsp3) is 0.667. The van der Waals surface area contributed by atoms with Crippen LogP contribution in [0.2, 0.25) is 6.04 Å². The summed E-state index contributed by atoms with van der Waals surface area (Å²) >= 11 is 5.15. The van der Waals surface area contributed by atoms with Crippen LogP contribution >= 0.6 is 12.2 Å². The molecule has 0 aromatic heterocycles. The van der Waals surface area contributed by atoms with Crippen LogP contribution in [0.3, 0.4) is 0 Å². The molecule has 5 heteroatoms. The zero-order valence-corrected chi connectivity index (χ0v) is 10.9. The number of rotatable bonds is 8. The molecule has 0 aromatic carbocycles. The van der Waals surface area contributed by atoms with Gasteiger partial charge in [-0.1, -0.05) is 18.3 Å². The molecule has 0 unspecified atom stereocenters. The normalized spacial score (nSPS) is 11.4. The van der Waals surface area contributed by atoms with Crippen molar-refractivity contribution in [2.24, 2.45) is 0 Å². The van der Waals surface area contributed by atoms with Crippen molar-refractivity contribution in [2.75, 3.05) is 21.3 Å². The van der Waals surface area contributed by atoms with Gasteiger partial charge in [0.25, 0.3) is 0 Å². The molecule has 0 radical (unpaired) electrons. The summed E-state index contributed by atoms with van der Waals surface area (Å²) in [5, 5.41) is 0. The molecule has 0 aliphatic heterocycles. The molecular weight excluding hydrogens is 216 g/mol. The van der Waals surface area contributed by atoms with Crippen molar-refractivity contribution in [2.45, 2.75) is 18.9 Å². The van der Waals surface area contributed by atoms with E-state index < -0.39 is 8.80 Å². The first-order valence-electron chi connectivity index (χ1n) is 4.42. The largest absolute Gasteiger partial charge is 0.500 e. The Morgan fingerprint density at radius 3 is 2.14 bits per heavy atom. The Balaban J connectivity index is 4.05. The lowest BCUT2D eigenvalue weighted by atomic mass is 10.2. The van der Waals surface area contributed by atoms with E-state index in [0.717, 1.165) is 23.8 Å². The highest BCUT2D eigenvalue weighted by Crippen LogP contribution is 2.16. The standard InChI is InChI=1S/C9H18O3SSi/c1-5-6-9(13)7-8-14(10-2,11-3)12-4/h5H,1,6-8H2,2-4H3. The van der Waals surface area contributed by atoms with Gasteiger partial charge in [-0.05, 0) is 17.7 Å². The lowest BCUT2D eigenvalue weighted by Gasteiger charge is -2.24. The van der Waals surface area contributed by atoms with Crippen LogP contribution in [0.4, 0.5) is 0 Å². The Morgan fingerprint density at radius 2 is 1.79 bits per heavy atom. The first-order valence-corrected chi connectivity index (χ1v) is 6.76. The molecule has 0 heterocycles. The molecule has 0 spiro atoms. The van der Waals surface area contributed by atoms with E-state index in [1.807, 2.05) is 0 Å². The average molecular weight is 234 g/mol. The second kappa shape index (κ2) is 7.25. The van der Waals surface area contributed by atoms with Crippen molar-refractivity contribution in [3.63, 3.8) is 0 Å². The van der Waals surface area contributed by atoms with E-state index in [0.29, 0.717) is 0 Å². The van der Waals surface area contributed by atoms with E-state index in [-0.39, 0.29) is 0 Å². The Kier molecular flexibility index (Phi) is 7.21. The van der Waals surface area contributed by atoms with E-state index in [1.54, 1.807) is 27.4 Å². The third-order valence-electron chi connectivity index (χ3n) is 2.02. The minimum Gasteiger partial charge on any atom is -0.377 e. The number of allylic oxidation sites excluding steroid dienone is 1. The summed E-state index contributed by atoms with van der Waals surface area (Å²) in [6.45, 7) is 3.64. The summed E-state index contributed by atoms with van der Waals surface area (Å²) in [4.78, 5) is 0.961. The zero-order chi connectivity index (χ0) is 11.0. The minimum absolute atomic E-state index is 0.725. The van der Waals surface area contributed by atoms with Gasteiger partial charge in [-0.15, -0.1) is 6.58 Å². The van der Waals surface area contributed by atoms with Crippen molar-refractivity contribution in [1.82, 2.24) is 0 Å². The molecule has 0 rings (SSSR count). The topological polar surface area (TPSA) is 27.7 Å². The van der Waals surface area contributed by atoms with Gasteiger partial charge >= 0.3 is 8.80 Å². The molecule has 0 aromatic rings. The highest BCUT2D eigenvalue weighted by molar-refractivity contribution is 7.80. The van der Waals surface area contributed by atoms with E-state index in [1.165, 1.54) is 0 Å². The van der Waals surface area contributed by atoms with Crippen LogP contribution in [0.25, 0.3) is 0 Å². The molecule has 3 nitrogen and oxygen atoms in total. The molecule has 0 saturated heterocycles. The molecule has 0 fully saturated rings. The second-order valence-electron chi connectivity index (χ2n) is 2.83. The van der Waals surface area contributed by atoms with Gasteiger partial charge in [-0.25, -0.2) is 0 Å². The van der Waals surface area contributed by atoms with Crippen LogP contribution < -0.4 is 0 Å². The van der Waals surface area contributed by atoms with Gasteiger partial charge in [0.05, 0.1) is 0 Å². The fourth-order valence-electron chi connectivity index (χ4n) is 1.11. The molecular formula is C9H18O3SSi. The molecule has 82 valence electrons. The quantitative estimate of drug-likeness (QED) is 0.365. The Morgan fingerprint density at radius 1 is 1.29 bits per heavy atom.